The van der Waals surface area contributed by atoms with Gasteiger partial charge in [0.1, 0.15) is 5.78 Å². The summed E-state index contributed by atoms with van der Waals surface area (Å²) in [6.45, 7) is 1.47. The zero-order valence-electron chi connectivity index (χ0n) is 6.13. The van der Waals surface area contributed by atoms with Crippen LogP contribution in [0.5, 0.6) is 0 Å². The predicted octanol–water partition coefficient (Wildman–Crippen LogP) is 0.597. The molecule has 0 saturated carbocycles. The minimum absolute atomic E-state index is 0.00191. The molecule has 0 aliphatic rings. The Bertz CT molecular complexity index is 148. The number of nitrogens with two attached hydrogens (primary N) is 1. The molecule has 0 aromatic carbocycles. The van der Waals surface area contributed by atoms with E-state index >= 15 is 0 Å². The highest BCUT2D eigenvalue weighted by molar-refractivity contribution is 5.80. The number of rotatable bonds is 4. The Balaban J connectivity index is 3.32. The van der Waals surface area contributed by atoms with E-state index in [0.29, 0.717) is 12.8 Å². The van der Waals surface area contributed by atoms with Gasteiger partial charge in [-0.15, -0.1) is 0 Å². The molecule has 0 unspecified atom stereocenters. The van der Waals surface area contributed by atoms with Crippen LogP contribution >= 0.6 is 0 Å². The van der Waals surface area contributed by atoms with Crippen LogP contribution in [0.2, 0.25) is 0 Å². The van der Waals surface area contributed by atoms with E-state index in [4.69, 9.17) is 11.0 Å². The molecule has 0 fully saturated rings. The molecular formula is C7H12N2O. The predicted molar refractivity (Wildman–Crippen MR) is 38.1 cm³/mol. The van der Waals surface area contributed by atoms with E-state index in [-0.39, 0.29) is 11.8 Å². The first kappa shape index (κ1) is 9.12. The number of nitriles is 1. The first-order chi connectivity index (χ1) is 4.68. The van der Waals surface area contributed by atoms with E-state index in [2.05, 4.69) is 0 Å². The van der Waals surface area contributed by atoms with Crippen molar-refractivity contribution in [3.63, 3.8) is 0 Å². The van der Waals surface area contributed by atoms with Gasteiger partial charge in [-0.1, -0.05) is 0 Å². The standard InChI is InChI=1S/C7H12N2O/c1-6(10)7(9)4-2-3-5-8/h7H,2-4,9H2,1H3/t7-/m0/s1. The van der Waals surface area contributed by atoms with Crippen LogP contribution in [0.4, 0.5) is 0 Å². The Labute approximate surface area is 60.8 Å². The van der Waals surface area contributed by atoms with E-state index in [9.17, 15) is 4.79 Å². The number of nitrogens with zero attached hydrogens (tertiary/aromatic N) is 1. The van der Waals surface area contributed by atoms with Crippen LogP contribution in [0.25, 0.3) is 0 Å². The van der Waals surface area contributed by atoms with Crippen LogP contribution in [0.15, 0.2) is 0 Å². The largest absolute Gasteiger partial charge is 0.322 e. The second-order valence-corrected chi connectivity index (χ2v) is 2.27. The number of carbonyl (C=O) groups excluding carboxylic acids is 1. The monoisotopic (exact) mass is 140 g/mol. The summed E-state index contributed by atoms with van der Waals surface area (Å²) in [4.78, 5) is 10.5. The van der Waals surface area contributed by atoms with Crippen LogP contribution in [-0.4, -0.2) is 11.8 Å². The molecule has 0 bridgehead atoms. The second kappa shape index (κ2) is 4.95. The van der Waals surface area contributed by atoms with Gasteiger partial charge >= 0.3 is 0 Å². The Hall–Kier alpha value is -0.880. The highest BCUT2D eigenvalue weighted by atomic mass is 16.1. The maximum Gasteiger partial charge on any atom is 0.146 e. The minimum Gasteiger partial charge on any atom is -0.322 e. The molecule has 2 N–H and O–H groups in total. The number of Topliss-reactive ketones (excluding diaryl/α,β-unsaturated/α-hetero) is 1. The Morgan fingerprint density at radius 3 is 2.80 bits per heavy atom. The summed E-state index contributed by atoms with van der Waals surface area (Å²) in [5.74, 6) is -0.00191. The molecule has 0 aromatic heterocycles. The van der Waals surface area contributed by atoms with Gasteiger partial charge in [0.15, 0.2) is 0 Å². The van der Waals surface area contributed by atoms with Crippen molar-refractivity contribution < 1.29 is 4.79 Å². The van der Waals surface area contributed by atoms with Crippen molar-refractivity contribution in [1.29, 1.82) is 5.26 Å². The van der Waals surface area contributed by atoms with Gasteiger partial charge in [-0.3, -0.25) is 4.79 Å². The van der Waals surface area contributed by atoms with Gasteiger partial charge in [-0.05, 0) is 19.8 Å². The Morgan fingerprint density at radius 2 is 2.40 bits per heavy atom. The molecule has 0 aliphatic carbocycles. The van der Waals surface area contributed by atoms with Crippen molar-refractivity contribution in [3.05, 3.63) is 0 Å². The van der Waals surface area contributed by atoms with Gasteiger partial charge in [-0.2, -0.15) is 5.26 Å². The van der Waals surface area contributed by atoms with E-state index in [1.807, 2.05) is 6.07 Å². The number of hydrogen-bond donors (Lipinski definition) is 1. The van der Waals surface area contributed by atoms with Gasteiger partial charge in [0.05, 0.1) is 12.1 Å². The van der Waals surface area contributed by atoms with Gasteiger partial charge in [0.25, 0.3) is 0 Å². The lowest BCUT2D eigenvalue weighted by Gasteiger charge is -2.03. The lowest BCUT2D eigenvalue weighted by molar-refractivity contribution is -0.118. The summed E-state index contributed by atoms with van der Waals surface area (Å²) in [6.07, 6.45) is 1.83. The second-order valence-electron chi connectivity index (χ2n) is 2.27. The summed E-state index contributed by atoms with van der Waals surface area (Å²) in [5, 5.41) is 8.14. The molecule has 1 atom stereocenters. The SMILES string of the molecule is CC(=O)[C@@H](N)CCCC#N. The molecule has 0 heterocycles. The maximum absolute atomic E-state index is 10.5. The van der Waals surface area contributed by atoms with Crippen molar-refractivity contribution in [3.8, 4) is 6.07 Å². The number of hydrogen-bond acceptors (Lipinski definition) is 3. The normalized spacial score (nSPS) is 12.1. The molecule has 0 aromatic rings. The van der Waals surface area contributed by atoms with Crippen LogP contribution < -0.4 is 5.73 Å². The lowest BCUT2D eigenvalue weighted by atomic mass is 10.1. The zero-order valence-corrected chi connectivity index (χ0v) is 6.13. The van der Waals surface area contributed by atoms with E-state index in [0.717, 1.165) is 6.42 Å². The highest BCUT2D eigenvalue weighted by Crippen LogP contribution is 1.97. The third kappa shape index (κ3) is 4.04. The summed E-state index contributed by atoms with van der Waals surface area (Å²) in [6, 6.07) is 1.63. The molecule has 0 radical (unpaired) electrons. The molecular weight excluding hydrogens is 128 g/mol. The maximum atomic E-state index is 10.5. The van der Waals surface area contributed by atoms with Crippen LogP contribution in [0, 0.1) is 11.3 Å². The molecule has 10 heavy (non-hydrogen) atoms. The summed E-state index contributed by atoms with van der Waals surface area (Å²) in [7, 11) is 0. The molecule has 0 saturated heterocycles. The number of unbranched alkanes of at least 4 members (excludes halogenated alkanes) is 1. The third-order valence-electron chi connectivity index (χ3n) is 1.33. The van der Waals surface area contributed by atoms with Crippen molar-refractivity contribution in [2.45, 2.75) is 32.2 Å². The number of ketones is 1. The van der Waals surface area contributed by atoms with Crippen LogP contribution in [0.3, 0.4) is 0 Å². The number of carbonyl (C=O) groups is 1. The Kier molecular flexibility index (Phi) is 4.51. The third-order valence-corrected chi connectivity index (χ3v) is 1.33. The fourth-order valence-corrected chi connectivity index (χ4v) is 0.604. The highest BCUT2D eigenvalue weighted by Gasteiger charge is 2.05. The first-order valence-electron chi connectivity index (χ1n) is 3.31. The molecule has 0 rings (SSSR count). The van der Waals surface area contributed by atoms with Crippen molar-refractivity contribution in [2.24, 2.45) is 5.73 Å². The quantitative estimate of drug-likeness (QED) is 0.581. The molecule has 56 valence electrons. The van der Waals surface area contributed by atoms with Crippen molar-refractivity contribution in [2.75, 3.05) is 0 Å². The molecule has 0 amide bonds. The smallest absolute Gasteiger partial charge is 0.146 e. The van der Waals surface area contributed by atoms with E-state index in [1.165, 1.54) is 6.92 Å². The minimum atomic E-state index is -0.367. The van der Waals surface area contributed by atoms with Crippen LogP contribution in [0.1, 0.15) is 26.2 Å². The summed E-state index contributed by atoms with van der Waals surface area (Å²) < 4.78 is 0. The van der Waals surface area contributed by atoms with E-state index in [1.54, 1.807) is 0 Å². The molecule has 3 heteroatoms. The topological polar surface area (TPSA) is 66.9 Å². The van der Waals surface area contributed by atoms with Gasteiger partial charge < -0.3 is 5.73 Å². The zero-order chi connectivity index (χ0) is 7.98. The Morgan fingerprint density at radius 1 is 1.80 bits per heavy atom. The van der Waals surface area contributed by atoms with Gasteiger partial charge in [-0.25, -0.2) is 0 Å². The van der Waals surface area contributed by atoms with Crippen molar-refractivity contribution >= 4 is 5.78 Å². The fourth-order valence-electron chi connectivity index (χ4n) is 0.604. The fraction of sp³-hybridized carbons (Fsp3) is 0.714. The molecule has 0 spiro atoms. The summed E-state index contributed by atoms with van der Waals surface area (Å²) in [5.41, 5.74) is 5.40. The van der Waals surface area contributed by atoms with Gasteiger partial charge in [0, 0.05) is 6.42 Å². The average molecular weight is 140 g/mol. The van der Waals surface area contributed by atoms with Crippen LogP contribution in [-0.2, 0) is 4.79 Å². The first-order valence-corrected chi connectivity index (χ1v) is 3.31. The van der Waals surface area contributed by atoms with Gasteiger partial charge in [0.2, 0.25) is 0 Å². The average Bonchev–Trinajstić information content (AvgIpc) is 1.88. The molecule has 3 nitrogen and oxygen atoms in total. The molecule has 0 aliphatic heterocycles. The van der Waals surface area contributed by atoms with E-state index < -0.39 is 0 Å². The lowest BCUT2D eigenvalue weighted by Crippen LogP contribution is -2.27. The van der Waals surface area contributed by atoms with Crippen molar-refractivity contribution in [1.82, 2.24) is 0 Å². The summed E-state index contributed by atoms with van der Waals surface area (Å²) >= 11 is 0.